The molecule has 0 aliphatic heterocycles. The molecular formula is C14H17N3O3. The number of nitrogens with zero attached hydrogens (tertiary/aromatic N) is 2. The molecule has 20 heavy (non-hydrogen) atoms. The molecular weight excluding hydrogens is 258 g/mol. The van der Waals surface area contributed by atoms with Crippen LogP contribution in [0.3, 0.4) is 0 Å². The quantitative estimate of drug-likeness (QED) is 0.734. The summed E-state index contributed by atoms with van der Waals surface area (Å²) >= 11 is 0. The fourth-order valence-electron chi connectivity index (χ4n) is 2.01. The van der Waals surface area contributed by atoms with E-state index in [0.717, 1.165) is 17.7 Å². The molecule has 1 aromatic heterocycles. The lowest BCUT2D eigenvalue weighted by Crippen LogP contribution is -2.23. The molecule has 0 unspecified atom stereocenters. The number of carbonyl (C=O) groups excluding carboxylic acids is 1. The van der Waals surface area contributed by atoms with Gasteiger partial charge >= 0.3 is 0 Å². The van der Waals surface area contributed by atoms with Crippen LogP contribution in [-0.4, -0.2) is 25.9 Å². The van der Waals surface area contributed by atoms with E-state index in [2.05, 4.69) is 10.4 Å². The number of phenolic OH excluding ortho intramolecular Hbond substituents is 2. The molecule has 6 heteroatoms. The maximum absolute atomic E-state index is 12.0. The van der Waals surface area contributed by atoms with Gasteiger partial charge in [-0.2, -0.15) is 5.10 Å². The number of hydrogen-bond acceptors (Lipinski definition) is 4. The molecule has 0 fully saturated rings. The van der Waals surface area contributed by atoms with Gasteiger partial charge in [0, 0.05) is 25.4 Å². The van der Waals surface area contributed by atoms with E-state index in [0.29, 0.717) is 6.54 Å². The van der Waals surface area contributed by atoms with Gasteiger partial charge in [0.15, 0.2) is 11.5 Å². The van der Waals surface area contributed by atoms with Crippen molar-refractivity contribution in [3.05, 3.63) is 41.2 Å². The molecule has 106 valence electrons. The fourth-order valence-corrected chi connectivity index (χ4v) is 2.01. The number of rotatable bonds is 4. The van der Waals surface area contributed by atoms with E-state index in [1.54, 1.807) is 4.68 Å². The summed E-state index contributed by atoms with van der Waals surface area (Å²) in [4.78, 5) is 12.0. The molecule has 0 atom stereocenters. The molecule has 0 radical (unpaired) electrons. The largest absolute Gasteiger partial charge is 0.504 e. The van der Waals surface area contributed by atoms with Crippen molar-refractivity contribution in [2.45, 2.75) is 19.9 Å². The van der Waals surface area contributed by atoms with Crippen LogP contribution in [0.25, 0.3) is 0 Å². The first-order valence-corrected chi connectivity index (χ1v) is 6.33. The number of carbonyl (C=O) groups is 1. The van der Waals surface area contributed by atoms with Crippen molar-refractivity contribution in [3.63, 3.8) is 0 Å². The second-order valence-corrected chi connectivity index (χ2v) is 4.48. The number of phenols is 2. The lowest BCUT2D eigenvalue weighted by molar-refractivity contribution is 0.0947. The van der Waals surface area contributed by atoms with Crippen LogP contribution in [0.1, 0.15) is 28.5 Å². The van der Waals surface area contributed by atoms with Gasteiger partial charge in [-0.25, -0.2) is 0 Å². The van der Waals surface area contributed by atoms with E-state index in [4.69, 9.17) is 0 Å². The van der Waals surface area contributed by atoms with Crippen LogP contribution in [0.5, 0.6) is 11.5 Å². The van der Waals surface area contributed by atoms with Gasteiger partial charge in [-0.05, 0) is 18.6 Å². The highest BCUT2D eigenvalue weighted by molar-refractivity contribution is 5.97. The first kappa shape index (κ1) is 13.9. The SMILES string of the molecule is CCc1nn(C)cc1CNC(=O)c1cccc(O)c1O. The van der Waals surface area contributed by atoms with Crippen molar-refractivity contribution >= 4 is 5.91 Å². The standard InChI is InChI=1S/C14H17N3O3/c1-3-11-9(8-17(2)16-11)7-15-14(20)10-5-4-6-12(18)13(10)19/h4-6,8,18-19H,3,7H2,1-2H3,(H,15,20). The Morgan fingerprint density at radius 3 is 2.85 bits per heavy atom. The molecule has 0 aliphatic rings. The molecule has 0 saturated heterocycles. The lowest BCUT2D eigenvalue weighted by Gasteiger charge is -2.07. The Kier molecular flexibility index (Phi) is 3.93. The Balaban J connectivity index is 2.10. The van der Waals surface area contributed by atoms with Crippen LogP contribution >= 0.6 is 0 Å². The van der Waals surface area contributed by atoms with Gasteiger partial charge in [0.25, 0.3) is 5.91 Å². The predicted molar refractivity (Wildman–Crippen MR) is 73.5 cm³/mol. The van der Waals surface area contributed by atoms with Crippen LogP contribution in [0, 0.1) is 0 Å². The lowest BCUT2D eigenvalue weighted by atomic mass is 10.1. The Hall–Kier alpha value is -2.50. The summed E-state index contributed by atoms with van der Waals surface area (Å²) in [5, 5.41) is 26.0. The highest BCUT2D eigenvalue weighted by Crippen LogP contribution is 2.27. The van der Waals surface area contributed by atoms with E-state index in [1.165, 1.54) is 18.2 Å². The number of benzene rings is 1. The van der Waals surface area contributed by atoms with E-state index < -0.39 is 11.7 Å². The third kappa shape index (κ3) is 2.74. The second kappa shape index (κ2) is 5.64. The minimum absolute atomic E-state index is 0.0481. The maximum atomic E-state index is 12.0. The van der Waals surface area contributed by atoms with Crippen LogP contribution < -0.4 is 5.32 Å². The van der Waals surface area contributed by atoms with Gasteiger partial charge in [0.1, 0.15) is 0 Å². The molecule has 1 heterocycles. The van der Waals surface area contributed by atoms with Crippen molar-refractivity contribution in [1.82, 2.24) is 15.1 Å². The third-order valence-corrected chi connectivity index (χ3v) is 3.03. The second-order valence-electron chi connectivity index (χ2n) is 4.48. The van der Waals surface area contributed by atoms with Crippen molar-refractivity contribution in [1.29, 1.82) is 0 Å². The van der Waals surface area contributed by atoms with Gasteiger partial charge in [-0.3, -0.25) is 9.48 Å². The average molecular weight is 275 g/mol. The highest BCUT2D eigenvalue weighted by atomic mass is 16.3. The van der Waals surface area contributed by atoms with Crippen molar-refractivity contribution in [2.24, 2.45) is 7.05 Å². The monoisotopic (exact) mass is 275 g/mol. The molecule has 2 rings (SSSR count). The predicted octanol–water partition coefficient (Wildman–Crippen LogP) is 1.32. The van der Waals surface area contributed by atoms with Crippen molar-refractivity contribution < 1.29 is 15.0 Å². The number of nitrogens with one attached hydrogen (secondary N) is 1. The van der Waals surface area contributed by atoms with Crippen LogP contribution in [0.4, 0.5) is 0 Å². The Morgan fingerprint density at radius 2 is 2.15 bits per heavy atom. The fraction of sp³-hybridized carbons (Fsp3) is 0.286. The molecule has 6 nitrogen and oxygen atoms in total. The zero-order valence-electron chi connectivity index (χ0n) is 11.4. The van der Waals surface area contributed by atoms with E-state index in [1.807, 2.05) is 20.2 Å². The summed E-state index contributed by atoms with van der Waals surface area (Å²) in [6.07, 6.45) is 2.63. The van der Waals surface area contributed by atoms with Crippen LogP contribution in [-0.2, 0) is 20.0 Å². The van der Waals surface area contributed by atoms with Crippen LogP contribution in [0.15, 0.2) is 24.4 Å². The molecule has 3 N–H and O–H groups in total. The molecule has 0 spiro atoms. The number of amides is 1. The zero-order valence-corrected chi connectivity index (χ0v) is 11.4. The van der Waals surface area contributed by atoms with Gasteiger partial charge in [-0.1, -0.05) is 13.0 Å². The summed E-state index contributed by atoms with van der Waals surface area (Å²) in [7, 11) is 1.82. The highest BCUT2D eigenvalue weighted by Gasteiger charge is 2.14. The Bertz CT molecular complexity index is 635. The van der Waals surface area contributed by atoms with E-state index in [9.17, 15) is 15.0 Å². The minimum Gasteiger partial charge on any atom is -0.504 e. The van der Waals surface area contributed by atoms with E-state index in [-0.39, 0.29) is 11.3 Å². The number of para-hydroxylation sites is 1. The number of hydrogen-bond donors (Lipinski definition) is 3. The van der Waals surface area contributed by atoms with Crippen LogP contribution in [0.2, 0.25) is 0 Å². The van der Waals surface area contributed by atoms with Gasteiger partial charge in [0.2, 0.25) is 0 Å². The van der Waals surface area contributed by atoms with E-state index >= 15 is 0 Å². The summed E-state index contributed by atoms with van der Waals surface area (Å²) < 4.78 is 1.70. The maximum Gasteiger partial charge on any atom is 0.255 e. The molecule has 0 saturated carbocycles. The summed E-state index contributed by atoms with van der Waals surface area (Å²) in [6, 6.07) is 4.28. The number of aryl methyl sites for hydroxylation is 2. The van der Waals surface area contributed by atoms with Gasteiger partial charge in [-0.15, -0.1) is 0 Å². The smallest absolute Gasteiger partial charge is 0.255 e. The zero-order chi connectivity index (χ0) is 14.7. The number of aromatic hydroxyl groups is 2. The molecule has 1 amide bonds. The Labute approximate surface area is 116 Å². The van der Waals surface area contributed by atoms with Gasteiger partial charge < -0.3 is 15.5 Å². The van der Waals surface area contributed by atoms with Gasteiger partial charge in [0.05, 0.1) is 11.3 Å². The molecule has 1 aromatic carbocycles. The molecule has 0 bridgehead atoms. The third-order valence-electron chi connectivity index (χ3n) is 3.03. The topological polar surface area (TPSA) is 87.4 Å². The summed E-state index contributed by atoms with van der Waals surface area (Å²) in [6.45, 7) is 2.32. The summed E-state index contributed by atoms with van der Waals surface area (Å²) in [5.41, 5.74) is 1.91. The average Bonchev–Trinajstić information content (AvgIpc) is 2.79. The first-order chi connectivity index (χ1) is 9.52. The first-order valence-electron chi connectivity index (χ1n) is 6.33. The summed E-state index contributed by atoms with van der Waals surface area (Å²) in [5.74, 6) is -1.16. The normalized spacial score (nSPS) is 10.5. The number of aromatic nitrogens is 2. The van der Waals surface area contributed by atoms with Crippen molar-refractivity contribution in [3.8, 4) is 11.5 Å². The minimum atomic E-state index is -0.440. The molecule has 2 aromatic rings. The Morgan fingerprint density at radius 1 is 1.40 bits per heavy atom. The van der Waals surface area contributed by atoms with Crippen molar-refractivity contribution in [2.75, 3.05) is 0 Å². The molecule has 0 aliphatic carbocycles.